The number of thioether (sulfide) groups is 1. The monoisotopic (exact) mass is 439 g/mol. The molecule has 0 bridgehead atoms. The Morgan fingerprint density at radius 1 is 1.32 bits per heavy atom. The van der Waals surface area contributed by atoms with Gasteiger partial charge >= 0.3 is 0 Å². The number of nitrogens with one attached hydrogen (secondary N) is 1. The number of amides is 1. The van der Waals surface area contributed by atoms with Crippen LogP contribution in [0.1, 0.15) is 30.1 Å². The van der Waals surface area contributed by atoms with Crippen molar-refractivity contribution >= 4 is 39.0 Å². The summed E-state index contributed by atoms with van der Waals surface area (Å²) in [6, 6.07) is 6.29. The first-order chi connectivity index (χ1) is 13.3. The first-order valence-electron chi connectivity index (χ1n) is 9.14. The van der Waals surface area contributed by atoms with Crippen molar-refractivity contribution in [1.82, 2.24) is 14.6 Å². The summed E-state index contributed by atoms with van der Waals surface area (Å²) in [5, 5.41) is 5.66. The van der Waals surface area contributed by atoms with E-state index >= 15 is 0 Å². The minimum Gasteiger partial charge on any atom is -0.349 e. The van der Waals surface area contributed by atoms with Crippen molar-refractivity contribution in [2.75, 3.05) is 11.6 Å². The average Bonchev–Trinajstić information content (AvgIpc) is 3.29. The molecule has 1 fully saturated rings. The molecule has 152 valence electrons. The number of thiazole rings is 1. The van der Waals surface area contributed by atoms with E-state index in [1.807, 2.05) is 24.4 Å². The third-order valence-electron chi connectivity index (χ3n) is 4.43. The molecule has 0 aliphatic carbocycles. The van der Waals surface area contributed by atoms with Gasteiger partial charge in [0.05, 0.1) is 28.0 Å². The van der Waals surface area contributed by atoms with Gasteiger partial charge in [-0.15, -0.1) is 23.1 Å². The third kappa shape index (κ3) is 4.94. The lowest BCUT2D eigenvalue weighted by atomic mass is 10.0. The number of carbonyl (C=O) groups excluding carboxylic acids is 1. The number of benzene rings is 1. The maximum Gasteiger partial charge on any atom is 0.244 e. The summed E-state index contributed by atoms with van der Waals surface area (Å²) in [6.07, 6.45) is 0.904. The van der Waals surface area contributed by atoms with Crippen LogP contribution in [-0.2, 0) is 27.8 Å². The Labute approximate surface area is 174 Å². The lowest BCUT2D eigenvalue weighted by Gasteiger charge is -2.22. The topological polar surface area (TPSA) is 79.4 Å². The number of sulfonamides is 1. The van der Waals surface area contributed by atoms with Gasteiger partial charge in [0.25, 0.3) is 0 Å². The number of aromatic nitrogens is 1. The van der Waals surface area contributed by atoms with Gasteiger partial charge in [0.2, 0.25) is 15.9 Å². The molecule has 1 aliphatic rings. The Kier molecular flexibility index (Phi) is 6.80. The summed E-state index contributed by atoms with van der Waals surface area (Å²) in [5.41, 5.74) is 1.90. The van der Waals surface area contributed by atoms with Gasteiger partial charge in [0.1, 0.15) is 6.04 Å². The predicted molar refractivity (Wildman–Crippen MR) is 114 cm³/mol. The quantitative estimate of drug-likeness (QED) is 0.717. The van der Waals surface area contributed by atoms with Gasteiger partial charge in [0.15, 0.2) is 0 Å². The van der Waals surface area contributed by atoms with Crippen LogP contribution in [0.15, 0.2) is 34.5 Å². The molecule has 9 heteroatoms. The fraction of sp³-hybridized carbons (Fsp3) is 0.474. The van der Waals surface area contributed by atoms with Crippen LogP contribution in [0.2, 0.25) is 0 Å². The molecule has 0 spiro atoms. The smallest absolute Gasteiger partial charge is 0.244 e. The van der Waals surface area contributed by atoms with Crippen molar-refractivity contribution in [2.45, 2.75) is 44.7 Å². The van der Waals surface area contributed by atoms with Crippen molar-refractivity contribution < 1.29 is 13.2 Å². The first-order valence-corrected chi connectivity index (χ1v) is 12.6. The van der Waals surface area contributed by atoms with Crippen LogP contribution in [0.25, 0.3) is 0 Å². The van der Waals surface area contributed by atoms with Gasteiger partial charge < -0.3 is 5.32 Å². The maximum atomic E-state index is 13.1. The van der Waals surface area contributed by atoms with E-state index < -0.39 is 16.1 Å². The SMILES string of the molecule is Cc1nc(CNC(=O)[C@H]2CSCN2S(=O)(=O)c2ccc(CC(C)C)cc2)cs1. The summed E-state index contributed by atoms with van der Waals surface area (Å²) in [6.45, 7) is 6.47. The summed E-state index contributed by atoms with van der Waals surface area (Å²) in [4.78, 5) is 17.2. The van der Waals surface area contributed by atoms with E-state index in [0.29, 0.717) is 18.2 Å². The molecule has 28 heavy (non-hydrogen) atoms. The zero-order valence-electron chi connectivity index (χ0n) is 16.2. The van der Waals surface area contributed by atoms with Crippen LogP contribution >= 0.6 is 23.1 Å². The Balaban J connectivity index is 1.70. The molecule has 6 nitrogen and oxygen atoms in total. The zero-order chi connectivity index (χ0) is 20.3. The van der Waals surface area contributed by atoms with Crippen LogP contribution in [-0.4, -0.2) is 41.3 Å². The summed E-state index contributed by atoms with van der Waals surface area (Å²) in [5.74, 6) is 0.957. The molecular formula is C19H25N3O3S3. The van der Waals surface area contributed by atoms with Crippen LogP contribution in [0.5, 0.6) is 0 Å². The molecule has 1 aliphatic heterocycles. The van der Waals surface area contributed by atoms with Crippen molar-refractivity contribution in [3.05, 3.63) is 45.9 Å². The van der Waals surface area contributed by atoms with Gasteiger partial charge in [0, 0.05) is 11.1 Å². The van der Waals surface area contributed by atoms with E-state index in [0.717, 1.165) is 22.7 Å². The van der Waals surface area contributed by atoms with E-state index in [4.69, 9.17) is 0 Å². The highest BCUT2D eigenvalue weighted by molar-refractivity contribution is 8.00. The molecule has 2 aromatic rings. The molecule has 3 rings (SSSR count). The maximum absolute atomic E-state index is 13.1. The van der Waals surface area contributed by atoms with Crippen molar-refractivity contribution in [3.8, 4) is 0 Å². The van der Waals surface area contributed by atoms with Crippen molar-refractivity contribution in [2.24, 2.45) is 5.92 Å². The largest absolute Gasteiger partial charge is 0.349 e. The highest BCUT2D eigenvalue weighted by Crippen LogP contribution is 2.29. The van der Waals surface area contributed by atoms with Gasteiger partial charge in [-0.05, 0) is 37.0 Å². The average molecular weight is 440 g/mol. The van der Waals surface area contributed by atoms with Crippen LogP contribution < -0.4 is 5.32 Å². The Bertz CT molecular complexity index is 923. The number of carbonyl (C=O) groups is 1. The minimum absolute atomic E-state index is 0.232. The van der Waals surface area contributed by atoms with Crippen molar-refractivity contribution in [3.63, 3.8) is 0 Å². The number of hydrogen-bond acceptors (Lipinski definition) is 6. The minimum atomic E-state index is -3.72. The van der Waals surface area contributed by atoms with E-state index in [-0.39, 0.29) is 16.7 Å². The van der Waals surface area contributed by atoms with E-state index in [2.05, 4.69) is 24.1 Å². The van der Waals surface area contributed by atoms with Crippen LogP contribution in [0, 0.1) is 12.8 Å². The van der Waals surface area contributed by atoms with E-state index in [1.165, 1.54) is 27.4 Å². The molecule has 0 saturated carbocycles. The molecule has 1 N–H and O–H groups in total. The Morgan fingerprint density at radius 2 is 2.04 bits per heavy atom. The second kappa shape index (κ2) is 8.94. The number of nitrogens with zero attached hydrogens (tertiary/aromatic N) is 2. The molecule has 1 atom stereocenters. The highest BCUT2D eigenvalue weighted by atomic mass is 32.2. The van der Waals surface area contributed by atoms with Gasteiger partial charge in [-0.1, -0.05) is 26.0 Å². The predicted octanol–water partition coefficient (Wildman–Crippen LogP) is 3.03. The van der Waals surface area contributed by atoms with E-state index in [1.54, 1.807) is 12.1 Å². The molecule has 2 heterocycles. The highest BCUT2D eigenvalue weighted by Gasteiger charge is 2.39. The lowest BCUT2D eigenvalue weighted by molar-refractivity contribution is -0.124. The second-order valence-electron chi connectivity index (χ2n) is 7.23. The fourth-order valence-corrected chi connectivity index (χ4v) is 6.82. The van der Waals surface area contributed by atoms with Crippen LogP contribution in [0.3, 0.4) is 0 Å². The van der Waals surface area contributed by atoms with Crippen molar-refractivity contribution in [1.29, 1.82) is 0 Å². The molecule has 1 saturated heterocycles. The summed E-state index contributed by atoms with van der Waals surface area (Å²) >= 11 is 2.97. The molecule has 0 unspecified atom stereocenters. The summed E-state index contributed by atoms with van der Waals surface area (Å²) in [7, 11) is -3.72. The molecular weight excluding hydrogens is 414 g/mol. The zero-order valence-corrected chi connectivity index (χ0v) is 18.7. The molecule has 1 aromatic carbocycles. The Morgan fingerprint density at radius 3 is 2.64 bits per heavy atom. The first kappa shape index (κ1) is 21.3. The van der Waals surface area contributed by atoms with Gasteiger partial charge in [-0.25, -0.2) is 13.4 Å². The van der Waals surface area contributed by atoms with Crippen LogP contribution in [0.4, 0.5) is 0 Å². The lowest BCUT2D eigenvalue weighted by Crippen LogP contribution is -2.46. The molecule has 0 radical (unpaired) electrons. The van der Waals surface area contributed by atoms with Gasteiger partial charge in [-0.2, -0.15) is 4.31 Å². The third-order valence-corrected chi connectivity index (χ3v) is 8.30. The summed E-state index contributed by atoms with van der Waals surface area (Å²) < 4.78 is 27.5. The molecule has 1 amide bonds. The number of aryl methyl sites for hydroxylation is 1. The standard InChI is InChI=1S/C19H25N3O3S3/c1-13(2)8-15-4-6-17(7-5-15)28(24,25)22-12-26-11-18(22)19(23)20-9-16-10-27-14(3)21-16/h4-7,10,13,18H,8-9,11-12H2,1-3H3,(H,20,23)/t18-/m1/s1. The second-order valence-corrected chi connectivity index (χ2v) is 11.2. The van der Waals surface area contributed by atoms with Gasteiger partial charge in [-0.3, -0.25) is 4.79 Å². The number of rotatable bonds is 7. The Hall–Kier alpha value is -1.42. The normalized spacial score (nSPS) is 17.9. The van der Waals surface area contributed by atoms with E-state index in [9.17, 15) is 13.2 Å². The number of hydrogen-bond donors (Lipinski definition) is 1. The fourth-order valence-electron chi connectivity index (χ4n) is 3.06. The molecule has 1 aromatic heterocycles.